The largest absolute Gasteiger partial charge is 0.308 e. The summed E-state index contributed by atoms with van der Waals surface area (Å²) < 4.78 is 0. The molecule has 3 rings (SSSR count). The van der Waals surface area contributed by atoms with Crippen molar-refractivity contribution in [1.82, 2.24) is 10.2 Å². The van der Waals surface area contributed by atoms with Gasteiger partial charge in [-0.3, -0.25) is 4.90 Å². The van der Waals surface area contributed by atoms with E-state index in [2.05, 4.69) is 31.0 Å². The van der Waals surface area contributed by atoms with E-state index in [1.54, 1.807) is 0 Å². The normalized spacial score (nSPS) is 38.1. The van der Waals surface area contributed by atoms with Crippen LogP contribution in [-0.2, 0) is 0 Å². The van der Waals surface area contributed by atoms with Crippen LogP contribution in [0, 0.1) is 5.92 Å². The van der Waals surface area contributed by atoms with Crippen LogP contribution in [0.5, 0.6) is 0 Å². The summed E-state index contributed by atoms with van der Waals surface area (Å²) in [6, 6.07) is 0.695. The molecular formula is C15H28N2. The van der Waals surface area contributed by atoms with Crippen molar-refractivity contribution < 1.29 is 0 Å². The summed E-state index contributed by atoms with van der Waals surface area (Å²) in [4.78, 5) is 2.83. The Morgan fingerprint density at radius 2 is 1.82 bits per heavy atom. The summed E-state index contributed by atoms with van der Waals surface area (Å²) in [6.45, 7) is 9.77. The van der Waals surface area contributed by atoms with E-state index in [4.69, 9.17) is 0 Å². The number of hydrogen-bond acceptors (Lipinski definition) is 2. The molecule has 0 amide bonds. The van der Waals surface area contributed by atoms with Crippen LogP contribution in [0.3, 0.4) is 0 Å². The Hall–Kier alpha value is -0.0800. The van der Waals surface area contributed by atoms with Gasteiger partial charge >= 0.3 is 0 Å². The van der Waals surface area contributed by atoms with Gasteiger partial charge in [0.25, 0.3) is 0 Å². The summed E-state index contributed by atoms with van der Waals surface area (Å²) >= 11 is 0. The van der Waals surface area contributed by atoms with Gasteiger partial charge < -0.3 is 5.32 Å². The van der Waals surface area contributed by atoms with Gasteiger partial charge in [0, 0.05) is 30.2 Å². The van der Waals surface area contributed by atoms with E-state index >= 15 is 0 Å². The molecule has 3 fully saturated rings. The lowest BCUT2D eigenvalue weighted by molar-refractivity contribution is -0.0195. The van der Waals surface area contributed by atoms with Crippen molar-refractivity contribution in [2.75, 3.05) is 13.1 Å². The lowest BCUT2D eigenvalue weighted by Gasteiger charge is -2.54. The van der Waals surface area contributed by atoms with Gasteiger partial charge in [-0.1, -0.05) is 12.8 Å². The molecule has 1 N–H and O–H groups in total. The van der Waals surface area contributed by atoms with Crippen molar-refractivity contribution in [1.29, 1.82) is 0 Å². The molecule has 2 aliphatic carbocycles. The van der Waals surface area contributed by atoms with Crippen LogP contribution in [0.15, 0.2) is 0 Å². The van der Waals surface area contributed by atoms with Crippen LogP contribution in [0.25, 0.3) is 0 Å². The molecule has 98 valence electrons. The standard InChI is InChI=1S/C15H28N2/c1-12(2)17-11-15(8-4-5-9-15)16-10-14(17,3)13-6-7-13/h12-13,16H,4-11H2,1-3H3. The van der Waals surface area contributed by atoms with Crippen LogP contribution >= 0.6 is 0 Å². The minimum absolute atomic E-state index is 0.433. The van der Waals surface area contributed by atoms with E-state index in [9.17, 15) is 0 Å². The summed E-state index contributed by atoms with van der Waals surface area (Å²) in [6.07, 6.45) is 8.56. The topological polar surface area (TPSA) is 15.3 Å². The van der Waals surface area contributed by atoms with Gasteiger partial charge in [-0.05, 0) is 52.4 Å². The highest BCUT2D eigenvalue weighted by atomic mass is 15.3. The molecule has 2 saturated carbocycles. The molecular weight excluding hydrogens is 208 g/mol. The minimum Gasteiger partial charge on any atom is -0.308 e. The molecule has 2 nitrogen and oxygen atoms in total. The summed E-state index contributed by atoms with van der Waals surface area (Å²) in [7, 11) is 0. The van der Waals surface area contributed by atoms with Crippen molar-refractivity contribution in [3.05, 3.63) is 0 Å². The summed E-state index contributed by atoms with van der Waals surface area (Å²) in [5, 5.41) is 3.95. The first-order valence-corrected chi connectivity index (χ1v) is 7.58. The Morgan fingerprint density at radius 3 is 2.35 bits per heavy atom. The van der Waals surface area contributed by atoms with Crippen LogP contribution in [-0.4, -0.2) is 35.1 Å². The van der Waals surface area contributed by atoms with Crippen LogP contribution in [0.2, 0.25) is 0 Å². The fraction of sp³-hybridized carbons (Fsp3) is 1.00. The molecule has 2 heteroatoms. The number of piperazine rings is 1. The highest BCUT2D eigenvalue weighted by Crippen LogP contribution is 2.47. The van der Waals surface area contributed by atoms with Crippen molar-refractivity contribution in [3.8, 4) is 0 Å². The molecule has 1 heterocycles. The summed E-state index contributed by atoms with van der Waals surface area (Å²) in [5.74, 6) is 0.955. The third-order valence-electron chi connectivity index (χ3n) is 5.59. The lowest BCUT2D eigenvalue weighted by Crippen LogP contribution is -2.70. The van der Waals surface area contributed by atoms with E-state index in [0.29, 0.717) is 17.1 Å². The SMILES string of the molecule is CC(C)N1CC2(CCCC2)NCC1(C)C1CC1. The van der Waals surface area contributed by atoms with Gasteiger partial charge in [0.15, 0.2) is 0 Å². The van der Waals surface area contributed by atoms with Gasteiger partial charge in [0.05, 0.1) is 0 Å². The Balaban J connectivity index is 1.80. The smallest absolute Gasteiger partial charge is 0.0337 e. The molecule has 1 atom stereocenters. The molecule has 1 spiro atoms. The monoisotopic (exact) mass is 236 g/mol. The molecule has 3 aliphatic rings. The number of hydrogen-bond donors (Lipinski definition) is 1. The maximum absolute atomic E-state index is 3.95. The molecule has 0 aromatic rings. The number of rotatable bonds is 2. The average molecular weight is 236 g/mol. The molecule has 1 aliphatic heterocycles. The van der Waals surface area contributed by atoms with Crippen molar-refractivity contribution in [2.24, 2.45) is 5.92 Å². The Bertz CT molecular complexity index is 289. The maximum Gasteiger partial charge on any atom is 0.0337 e. The fourth-order valence-electron chi connectivity index (χ4n) is 4.27. The van der Waals surface area contributed by atoms with Crippen LogP contribution < -0.4 is 5.32 Å². The second-order valence-electron chi connectivity index (χ2n) is 7.19. The zero-order chi connectivity index (χ0) is 12.1. The zero-order valence-electron chi connectivity index (χ0n) is 11.8. The van der Waals surface area contributed by atoms with Crippen molar-refractivity contribution in [2.45, 2.75) is 76.4 Å². The second-order valence-corrected chi connectivity index (χ2v) is 7.19. The van der Waals surface area contributed by atoms with E-state index in [-0.39, 0.29) is 0 Å². The van der Waals surface area contributed by atoms with Gasteiger partial charge in [-0.2, -0.15) is 0 Å². The quantitative estimate of drug-likeness (QED) is 0.793. The Morgan fingerprint density at radius 1 is 1.18 bits per heavy atom. The Labute approximate surface area is 106 Å². The third kappa shape index (κ3) is 1.94. The summed E-state index contributed by atoms with van der Waals surface area (Å²) in [5.41, 5.74) is 0.903. The highest BCUT2D eigenvalue weighted by Gasteiger charge is 2.52. The van der Waals surface area contributed by atoms with E-state index < -0.39 is 0 Å². The van der Waals surface area contributed by atoms with Gasteiger partial charge in [0.1, 0.15) is 0 Å². The first-order valence-electron chi connectivity index (χ1n) is 7.58. The predicted molar refractivity (Wildman–Crippen MR) is 72.2 cm³/mol. The first-order chi connectivity index (χ1) is 8.06. The Kier molecular flexibility index (Phi) is 2.79. The molecule has 17 heavy (non-hydrogen) atoms. The maximum atomic E-state index is 3.95. The fourth-order valence-corrected chi connectivity index (χ4v) is 4.27. The van der Waals surface area contributed by atoms with Gasteiger partial charge in [-0.25, -0.2) is 0 Å². The molecule has 1 unspecified atom stereocenters. The first kappa shape index (κ1) is 12.0. The molecule has 0 aromatic heterocycles. The second kappa shape index (κ2) is 3.96. The molecule has 0 bridgehead atoms. The third-order valence-corrected chi connectivity index (χ3v) is 5.59. The van der Waals surface area contributed by atoms with Gasteiger partial charge in [-0.15, -0.1) is 0 Å². The lowest BCUT2D eigenvalue weighted by atomic mass is 9.82. The van der Waals surface area contributed by atoms with Crippen molar-refractivity contribution >= 4 is 0 Å². The molecule has 0 radical (unpaired) electrons. The minimum atomic E-state index is 0.433. The van der Waals surface area contributed by atoms with E-state index in [1.807, 2.05) is 0 Å². The van der Waals surface area contributed by atoms with Gasteiger partial charge in [0.2, 0.25) is 0 Å². The zero-order valence-corrected chi connectivity index (χ0v) is 11.8. The number of nitrogens with one attached hydrogen (secondary N) is 1. The molecule has 0 aromatic carbocycles. The molecule has 1 saturated heterocycles. The van der Waals surface area contributed by atoms with E-state index in [0.717, 1.165) is 5.92 Å². The average Bonchev–Trinajstić information content (AvgIpc) is 3.05. The van der Waals surface area contributed by atoms with Crippen LogP contribution in [0.1, 0.15) is 59.3 Å². The highest BCUT2D eigenvalue weighted by molar-refractivity contribution is 5.10. The van der Waals surface area contributed by atoms with Crippen LogP contribution in [0.4, 0.5) is 0 Å². The van der Waals surface area contributed by atoms with Crippen molar-refractivity contribution in [3.63, 3.8) is 0 Å². The van der Waals surface area contributed by atoms with E-state index in [1.165, 1.54) is 51.6 Å². The predicted octanol–water partition coefficient (Wildman–Crippen LogP) is 2.78. The number of nitrogens with zero attached hydrogens (tertiary/aromatic N) is 1.